The largest absolute Gasteiger partial charge is 0.476 e. The fourth-order valence-corrected chi connectivity index (χ4v) is 5.87. The predicted octanol–water partition coefficient (Wildman–Crippen LogP) is 6.48. The number of hydrogen-bond acceptors (Lipinski definition) is 4. The van der Waals surface area contributed by atoms with E-state index >= 15 is 4.39 Å². The van der Waals surface area contributed by atoms with Crippen LogP contribution in [0.2, 0.25) is 10.0 Å². The van der Waals surface area contributed by atoms with E-state index in [2.05, 4.69) is 21.8 Å². The predicted molar refractivity (Wildman–Crippen MR) is 145 cm³/mol. The van der Waals surface area contributed by atoms with Gasteiger partial charge in [0.15, 0.2) is 11.5 Å². The summed E-state index contributed by atoms with van der Waals surface area (Å²) in [6, 6.07) is 10.3. The molecule has 2 fully saturated rings. The smallest absolute Gasteiger partial charge is 0.356 e. The highest BCUT2D eigenvalue weighted by atomic mass is 35.5. The van der Waals surface area contributed by atoms with Gasteiger partial charge in [-0.1, -0.05) is 54.6 Å². The zero-order chi connectivity index (χ0) is 26.1. The van der Waals surface area contributed by atoms with Gasteiger partial charge in [0.2, 0.25) is 0 Å². The Labute approximate surface area is 226 Å². The highest BCUT2D eigenvalue weighted by Crippen LogP contribution is 2.40. The average molecular weight is 545 g/mol. The number of rotatable bonds is 6. The van der Waals surface area contributed by atoms with Crippen molar-refractivity contribution < 1.29 is 14.3 Å². The van der Waals surface area contributed by atoms with Crippen LogP contribution in [0.1, 0.15) is 59.9 Å². The molecular formula is C28H31Cl2FN4O2. The van der Waals surface area contributed by atoms with Crippen LogP contribution in [0.4, 0.5) is 4.39 Å². The molecule has 3 aromatic rings. The number of nitrogens with zero attached hydrogens (tertiary/aromatic N) is 4. The third kappa shape index (κ3) is 5.41. The number of halogens is 3. The molecule has 0 unspecified atom stereocenters. The Morgan fingerprint density at radius 2 is 1.81 bits per heavy atom. The van der Waals surface area contributed by atoms with E-state index in [9.17, 15) is 9.90 Å². The second kappa shape index (κ2) is 11.1. The lowest BCUT2D eigenvalue weighted by Crippen LogP contribution is -2.43. The van der Waals surface area contributed by atoms with E-state index < -0.39 is 11.8 Å². The van der Waals surface area contributed by atoms with Gasteiger partial charge in [-0.15, -0.1) is 0 Å². The maximum atomic E-state index is 15.6. The lowest BCUT2D eigenvalue weighted by molar-refractivity contribution is 0.0691. The Balaban J connectivity index is 1.73. The second-order valence-corrected chi connectivity index (χ2v) is 10.9. The lowest BCUT2D eigenvalue weighted by atomic mass is 9.88. The Morgan fingerprint density at radius 1 is 1.08 bits per heavy atom. The molecule has 1 aromatic heterocycles. The van der Waals surface area contributed by atoms with Crippen LogP contribution in [0.5, 0.6) is 0 Å². The summed E-state index contributed by atoms with van der Waals surface area (Å²) in [5.74, 6) is -1.16. The van der Waals surface area contributed by atoms with Crippen LogP contribution in [-0.4, -0.2) is 63.7 Å². The number of likely N-dealkylation sites (N-methyl/N-ethyl adjacent to an activating group) is 1. The molecular weight excluding hydrogens is 514 g/mol. The molecule has 1 aliphatic heterocycles. The zero-order valence-electron chi connectivity index (χ0n) is 20.9. The molecule has 9 heteroatoms. The quantitative estimate of drug-likeness (QED) is 0.384. The van der Waals surface area contributed by atoms with Crippen molar-refractivity contribution in [2.75, 3.05) is 33.2 Å². The molecule has 1 saturated carbocycles. The van der Waals surface area contributed by atoms with Gasteiger partial charge in [-0.25, -0.2) is 14.2 Å². The molecule has 6 nitrogen and oxygen atoms in total. The van der Waals surface area contributed by atoms with Crippen molar-refractivity contribution in [1.82, 2.24) is 19.4 Å². The number of carboxylic acids is 1. The van der Waals surface area contributed by atoms with E-state index in [1.807, 2.05) is 12.1 Å². The Morgan fingerprint density at radius 3 is 2.51 bits per heavy atom. The standard InChI is InChI=1S/C28H31Cl2FN4O2/c1-33-12-14-34(15-13-33)17-19-10-11-20(29)16-21(19)26-25(28(36)37)32-27(18-6-3-2-4-7-18)35(26)23-9-5-8-22(30)24(23)31/h5,8-11,16,18H,2-4,6-7,12-15,17H2,1H3,(H,36,37). The van der Waals surface area contributed by atoms with Crippen LogP contribution in [0.3, 0.4) is 0 Å². The van der Waals surface area contributed by atoms with Crippen molar-refractivity contribution >= 4 is 29.2 Å². The summed E-state index contributed by atoms with van der Waals surface area (Å²) in [7, 11) is 2.11. The summed E-state index contributed by atoms with van der Waals surface area (Å²) in [5, 5.41) is 10.8. The monoisotopic (exact) mass is 544 g/mol. The normalized spacial score (nSPS) is 17.8. The van der Waals surface area contributed by atoms with Crippen LogP contribution in [0.25, 0.3) is 16.9 Å². The second-order valence-electron chi connectivity index (χ2n) is 10.1. The molecule has 0 spiro atoms. The molecule has 1 aliphatic carbocycles. The molecule has 2 aromatic carbocycles. The maximum Gasteiger partial charge on any atom is 0.356 e. The summed E-state index contributed by atoms with van der Waals surface area (Å²) >= 11 is 12.7. The van der Waals surface area contributed by atoms with Gasteiger partial charge >= 0.3 is 5.97 Å². The molecule has 196 valence electrons. The minimum atomic E-state index is -1.15. The molecule has 5 rings (SSSR count). The van der Waals surface area contributed by atoms with Crippen LogP contribution >= 0.6 is 23.2 Å². The van der Waals surface area contributed by atoms with Crippen molar-refractivity contribution in [3.8, 4) is 16.9 Å². The lowest BCUT2D eigenvalue weighted by Gasteiger charge is -2.33. The van der Waals surface area contributed by atoms with E-state index in [1.165, 1.54) is 6.07 Å². The summed E-state index contributed by atoms with van der Waals surface area (Å²) in [6.07, 6.45) is 4.94. The van der Waals surface area contributed by atoms with Gasteiger partial charge in [0.05, 0.1) is 16.4 Å². The van der Waals surface area contributed by atoms with Gasteiger partial charge in [0, 0.05) is 49.2 Å². The Hall–Kier alpha value is -2.45. The van der Waals surface area contributed by atoms with E-state index in [-0.39, 0.29) is 22.3 Å². The Bertz CT molecular complexity index is 1300. The minimum Gasteiger partial charge on any atom is -0.476 e. The van der Waals surface area contributed by atoms with E-state index in [0.717, 1.165) is 63.8 Å². The highest BCUT2D eigenvalue weighted by Gasteiger charge is 2.32. The van der Waals surface area contributed by atoms with Gasteiger partial charge in [-0.05, 0) is 49.7 Å². The molecule has 1 N–H and O–H groups in total. The van der Waals surface area contributed by atoms with Crippen molar-refractivity contribution in [2.45, 2.75) is 44.6 Å². The SMILES string of the molecule is CN1CCN(Cc2ccc(Cl)cc2-c2c(C(=O)O)nc(C3CCCCC3)n2-c2cccc(Cl)c2F)CC1. The number of benzene rings is 2. The molecule has 1 saturated heterocycles. The third-order valence-corrected chi connectivity index (χ3v) is 8.09. The van der Waals surface area contributed by atoms with Crippen LogP contribution in [0.15, 0.2) is 36.4 Å². The van der Waals surface area contributed by atoms with Gasteiger partial charge in [0.1, 0.15) is 5.82 Å². The summed E-state index contributed by atoms with van der Waals surface area (Å²) < 4.78 is 17.3. The van der Waals surface area contributed by atoms with Crippen molar-refractivity contribution in [3.05, 3.63) is 69.3 Å². The minimum absolute atomic E-state index is 0.0210. The van der Waals surface area contributed by atoms with Gasteiger partial charge in [-0.2, -0.15) is 0 Å². The van der Waals surface area contributed by atoms with Crippen molar-refractivity contribution in [3.63, 3.8) is 0 Å². The number of carbonyl (C=O) groups is 1. The molecule has 2 heterocycles. The number of piperazine rings is 1. The number of imidazole rings is 1. The van der Waals surface area contributed by atoms with Crippen LogP contribution in [-0.2, 0) is 6.54 Å². The van der Waals surface area contributed by atoms with Crippen LogP contribution in [0, 0.1) is 5.82 Å². The summed E-state index contributed by atoms with van der Waals surface area (Å²) in [4.78, 5) is 21.9. The molecule has 0 amide bonds. The van der Waals surface area contributed by atoms with Gasteiger partial charge < -0.3 is 10.0 Å². The van der Waals surface area contributed by atoms with E-state index in [0.29, 0.717) is 28.6 Å². The fourth-order valence-electron chi connectivity index (χ4n) is 5.53. The first-order valence-corrected chi connectivity index (χ1v) is 13.6. The number of aromatic carboxylic acids is 1. The van der Waals surface area contributed by atoms with Gasteiger partial charge in [0.25, 0.3) is 0 Å². The molecule has 0 atom stereocenters. The number of aromatic nitrogens is 2. The van der Waals surface area contributed by atoms with Crippen LogP contribution < -0.4 is 0 Å². The van der Waals surface area contributed by atoms with Crippen molar-refractivity contribution in [1.29, 1.82) is 0 Å². The number of hydrogen-bond donors (Lipinski definition) is 1. The summed E-state index contributed by atoms with van der Waals surface area (Å²) in [6.45, 7) is 4.35. The Kier molecular flexibility index (Phi) is 7.86. The van der Waals surface area contributed by atoms with Gasteiger partial charge in [-0.3, -0.25) is 9.47 Å². The first-order valence-electron chi connectivity index (χ1n) is 12.8. The van der Waals surface area contributed by atoms with E-state index in [4.69, 9.17) is 23.2 Å². The topological polar surface area (TPSA) is 61.6 Å². The third-order valence-electron chi connectivity index (χ3n) is 7.57. The molecule has 37 heavy (non-hydrogen) atoms. The van der Waals surface area contributed by atoms with Crippen molar-refractivity contribution in [2.24, 2.45) is 0 Å². The fraction of sp³-hybridized carbons (Fsp3) is 0.429. The van der Waals surface area contributed by atoms with E-state index in [1.54, 1.807) is 22.8 Å². The zero-order valence-corrected chi connectivity index (χ0v) is 22.4. The first kappa shape index (κ1) is 26.2. The maximum absolute atomic E-state index is 15.6. The first-order chi connectivity index (χ1) is 17.8. The molecule has 0 bridgehead atoms. The number of carboxylic acid groups (broad SMARTS) is 1. The summed E-state index contributed by atoms with van der Waals surface area (Å²) in [5.41, 5.74) is 2.03. The average Bonchev–Trinajstić information content (AvgIpc) is 3.29. The molecule has 2 aliphatic rings. The molecule has 0 radical (unpaired) electrons. The highest BCUT2D eigenvalue weighted by molar-refractivity contribution is 6.31.